The van der Waals surface area contributed by atoms with Crippen molar-refractivity contribution < 1.29 is 13.6 Å². The Balaban J connectivity index is 1.54. The number of fused-ring (bicyclic) bond motifs is 3. The maximum absolute atomic E-state index is 13.7. The van der Waals surface area contributed by atoms with Gasteiger partial charge in [-0.25, -0.2) is 13.6 Å². The molecule has 0 aliphatic carbocycles. The quantitative estimate of drug-likeness (QED) is 0.454. The van der Waals surface area contributed by atoms with Crippen LogP contribution in [0.4, 0.5) is 13.6 Å². The highest BCUT2D eigenvalue weighted by molar-refractivity contribution is 5.76. The summed E-state index contributed by atoms with van der Waals surface area (Å²) in [6, 6.07) is 23.5. The number of halogens is 2. The third-order valence-corrected chi connectivity index (χ3v) is 5.77. The average molecular weight is 429 g/mol. The molecular weight excluding hydrogens is 408 g/mol. The summed E-state index contributed by atoms with van der Waals surface area (Å²) in [5.74, 6) is -0.644. The van der Waals surface area contributed by atoms with E-state index in [4.69, 9.17) is 0 Å². The van der Waals surface area contributed by atoms with Crippen LogP contribution in [0, 0.1) is 11.6 Å². The van der Waals surface area contributed by atoms with Gasteiger partial charge in [0.2, 0.25) is 0 Å². The van der Waals surface area contributed by atoms with Gasteiger partial charge in [0.05, 0.1) is 18.3 Å². The molecule has 0 saturated carbocycles. The van der Waals surface area contributed by atoms with E-state index in [1.54, 1.807) is 29.2 Å². The van der Waals surface area contributed by atoms with E-state index in [9.17, 15) is 13.6 Å². The molecule has 2 heterocycles. The highest BCUT2D eigenvalue weighted by Crippen LogP contribution is 2.36. The lowest BCUT2D eigenvalue weighted by Crippen LogP contribution is -2.41. The largest absolute Gasteiger partial charge is 0.334 e. The monoisotopic (exact) mass is 429 g/mol. The molecule has 0 saturated heterocycles. The lowest BCUT2D eigenvalue weighted by Gasteiger charge is -2.31. The number of hydrogen-bond acceptors (Lipinski definition) is 1. The summed E-state index contributed by atoms with van der Waals surface area (Å²) in [7, 11) is 0. The summed E-state index contributed by atoms with van der Waals surface area (Å²) in [4.78, 5) is 15.2. The van der Waals surface area contributed by atoms with E-state index >= 15 is 0 Å². The summed E-state index contributed by atoms with van der Waals surface area (Å²) in [5.41, 5.74) is 4.55. The number of rotatable bonds is 3. The fourth-order valence-electron chi connectivity index (χ4n) is 4.22. The minimum Gasteiger partial charge on any atom is -0.334 e. The molecule has 1 aliphatic heterocycles. The zero-order valence-electron chi connectivity index (χ0n) is 17.2. The maximum atomic E-state index is 13.7. The molecule has 1 aliphatic rings. The number of amides is 2. The van der Waals surface area contributed by atoms with E-state index in [-0.39, 0.29) is 24.2 Å². The first-order valence-corrected chi connectivity index (χ1v) is 10.4. The second kappa shape index (κ2) is 8.30. The van der Waals surface area contributed by atoms with Gasteiger partial charge in [-0.15, -0.1) is 0 Å². The van der Waals surface area contributed by atoms with Gasteiger partial charge in [-0.1, -0.05) is 42.5 Å². The topological polar surface area (TPSA) is 37.3 Å². The van der Waals surface area contributed by atoms with Gasteiger partial charge in [-0.3, -0.25) is 0 Å². The van der Waals surface area contributed by atoms with Gasteiger partial charge >= 0.3 is 6.03 Å². The number of benzene rings is 3. The second-order valence-corrected chi connectivity index (χ2v) is 7.80. The molecule has 1 N–H and O–H groups in total. The third kappa shape index (κ3) is 3.75. The normalized spacial score (nSPS) is 14.9. The van der Waals surface area contributed by atoms with E-state index in [0.29, 0.717) is 6.54 Å². The Morgan fingerprint density at radius 3 is 2.31 bits per heavy atom. The van der Waals surface area contributed by atoms with Crippen LogP contribution in [0.3, 0.4) is 0 Å². The Morgan fingerprint density at radius 2 is 1.56 bits per heavy atom. The van der Waals surface area contributed by atoms with Crippen molar-refractivity contribution in [2.45, 2.75) is 19.1 Å². The van der Waals surface area contributed by atoms with Crippen LogP contribution in [0.1, 0.15) is 28.4 Å². The molecule has 3 aromatic carbocycles. The number of hydrogen-bond donors (Lipinski definition) is 1. The number of carbonyl (C=O) groups is 1. The van der Waals surface area contributed by atoms with Crippen molar-refractivity contribution in [3.8, 4) is 5.69 Å². The summed E-state index contributed by atoms with van der Waals surface area (Å²) in [5, 5.41) is 2.96. The SMILES string of the molecule is O=C(NCc1ccc(F)cc1)N1Cc2ccccc2-n2cccc2[C@H]1c1ccc(F)cc1. The van der Waals surface area contributed by atoms with Crippen molar-refractivity contribution in [3.05, 3.63) is 125 Å². The fourth-order valence-corrected chi connectivity index (χ4v) is 4.22. The average Bonchev–Trinajstić information content (AvgIpc) is 3.24. The van der Waals surface area contributed by atoms with E-state index in [0.717, 1.165) is 28.1 Å². The fraction of sp³-hybridized carbons (Fsp3) is 0.115. The van der Waals surface area contributed by atoms with E-state index in [1.165, 1.54) is 24.3 Å². The molecule has 32 heavy (non-hydrogen) atoms. The van der Waals surface area contributed by atoms with Crippen LogP contribution in [0.15, 0.2) is 91.1 Å². The van der Waals surface area contributed by atoms with Gasteiger partial charge in [0.1, 0.15) is 11.6 Å². The molecule has 0 spiro atoms. The Bertz CT molecular complexity index is 1250. The van der Waals surface area contributed by atoms with Gasteiger partial charge in [0.15, 0.2) is 0 Å². The van der Waals surface area contributed by atoms with Gasteiger partial charge in [0, 0.05) is 18.4 Å². The number of para-hydroxylation sites is 1. The number of nitrogens with zero attached hydrogens (tertiary/aromatic N) is 2. The lowest BCUT2D eigenvalue weighted by molar-refractivity contribution is 0.180. The second-order valence-electron chi connectivity index (χ2n) is 7.80. The Labute approximate surface area is 184 Å². The molecule has 0 bridgehead atoms. The van der Waals surface area contributed by atoms with Crippen LogP contribution in [0.25, 0.3) is 5.69 Å². The predicted molar refractivity (Wildman–Crippen MR) is 118 cm³/mol. The molecule has 1 aromatic heterocycles. The highest BCUT2D eigenvalue weighted by atomic mass is 19.1. The van der Waals surface area contributed by atoms with Crippen molar-refractivity contribution in [1.29, 1.82) is 0 Å². The van der Waals surface area contributed by atoms with Gasteiger partial charge in [-0.05, 0) is 59.2 Å². The molecule has 2 amide bonds. The molecule has 1 atom stereocenters. The Morgan fingerprint density at radius 1 is 0.875 bits per heavy atom. The summed E-state index contributed by atoms with van der Waals surface area (Å²) < 4.78 is 28.9. The molecule has 0 radical (unpaired) electrons. The first-order valence-electron chi connectivity index (χ1n) is 10.4. The van der Waals surface area contributed by atoms with Crippen LogP contribution in [-0.2, 0) is 13.1 Å². The smallest absolute Gasteiger partial charge is 0.318 e. The van der Waals surface area contributed by atoms with Crippen molar-refractivity contribution in [1.82, 2.24) is 14.8 Å². The Hall–Kier alpha value is -3.93. The van der Waals surface area contributed by atoms with Crippen molar-refractivity contribution >= 4 is 6.03 Å². The standard InChI is InChI=1S/C26H21F2N3O/c27-21-11-7-18(8-12-21)16-29-26(32)31-17-20-4-1-2-5-23(20)30-15-3-6-24(30)25(31)19-9-13-22(28)14-10-19/h1-15,25H,16-17H2,(H,29,32)/t25-/m1/s1. The van der Waals surface area contributed by atoms with Gasteiger partial charge in [-0.2, -0.15) is 0 Å². The minimum atomic E-state index is -0.411. The Kier molecular flexibility index (Phi) is 5.19. The molecular formula is C26H21F2N3O. The molecule has 4 nitrogen and oxygen atoms in total. The summed E-state index contributed by atoms with van der Waals surface area (Å²) >= 11 is 0. The molecule has 6 heteroatoms. The number of nitrogens with one attached hydrogen (secondary N) is 1. The van der Waals surface area contributed by atoms with E-state index in [1.807, 2.05) is 42.6 Å². The number of carbonyl (C=O) groups excluding carboxylic acids is 1. The van der Waals surface area contributed by atoms with Gasteiger partial charge < -0.3 is 14.8 Å². The van der Waals surface area contributed by atoms with Crippen molar-refractivity contribution in [2.75, 3.05) is 0 Å². The highest BCUT2D eigenvalue weighted by Gasteiger charge is 2.32. The van der Waals surface area contributed by atoms with Crippen LogP contribution in [0.2, 0.25) is 0 Å². The third-order valence-electron chi connectivity index (χ3n) is 5.77. The number of aromatic nitrogens is 1. The van der Waals surface area contributed by atoms with Crippen molar-refractivity contribution in [3.63, 3.8) is 0 Å². The molecule has 5 rings (SSSR count). The zero-order valence-corrected chi connectivity index (χ0v) is 17.2. The first-order chi connectivity index (χ1) is 15.6. The van der Waals surface area contributed by atoms with Crippen LogP contribution in [0.5, 0.6) is 0 Å². The van der Waals surface area contributed by atoms with E-state index in [2.05, 4.69) is 9.88 Å². The molecule has 160 valence electrons. The molecule has 4 aromatic rings. The van der Waals surface area contributed by atoms with Crippen LogP contribution in [-0.4, -0.2) is 15.5 Å². The predicted octanol–water partition coefficient (Wildman–Crippen LogP) is 5.57. The van der Waals surface area contributed by atoms with Crippen LogP contribution >= 0.6 is 0 Å². The zero-order chi connectivity index (χ0) is 22.1. The van der Waals surface area contributed by atoms with E-state index < -0.39 is 6.04 Å². The van der Waals surface area contributed by atoms with Crippen LogP contribution < -0.4 is 5.32 Å². The molecule has 0 fully saturated rings. The summed E-state index contributed by atoms with van der Waals surface area (Å²) in [6.45, 7) is 0.656. The minimum absolute atomic E-state index is 0.256. The molecule has 0 unspecified atom stereocenters. The number of urea groups is 1. The summed E-state index contributed by atoms with van der Waals surface area (Å²) in [6.07, 6.45) is 1.98. The maximum Gasteiger partial charge on any atom is 0.318 e. The van der Waals surface area contributed by atoms with Gasteiger partial charge in [0.25, 0.3) is 0 Å². The lowest BCUT2D eigenvalue weighted by atomic mass is 10.0. The van der Waals surface area contributed by atoms with Crippen molar-refractivity contribution in [2.24, 2.45) is 0 Å². The first kappa shape index (κ1) is 20.0.